The van der Waals surface area contributed by atoms with Crippen LogP contribution in [0.4, 0.5) is 0 Å². The Morgan fingerprint density at radius 1 is 1.40 bits per heavy atom. The van der Waals surface area contributed by atoms with Gasteiger partial charge in [-0.1, -0.05) is 23.8 Å². The number of thiazole rings is 1. The van der Waals surface area contributed by atoms with Crippen molar-refractivity contribution in [2.45, 2.75) is 13.3 Å². The van der Waals surface area contributed by atoms with E-state index >= 15 is 0 Å². The number of benzene rings is 1. The minimum atomic E-state index is 0.636. The van der Waals surface area contributed by atoms with E-state index in [1.54, 1.807) is 11.3 Å². The summed E-state index contributed by atoms with van der Waals surface area (Å²) in [6.45, 7) is 2.09. The highest BCUT2D eigenvalue weighted by Crippen LogP contribution is 2.24. The van der Waals surface area contributed by atoms with E-state index in [0.717, 1.165) is 17.1 Å². The third-order valence-corrected chi connectivity index (χ3v) is 3.30. The van der Waals surface area contributed by atoms with E-state index in [1.807, 2.05) is 0 Å². The third-order valence-electron chi connectivity index (χ3n) is 2.17. The van der Waals surface area contributed by atoms with Crippen LogP contribution in [0.2, 0.25) is 0 Å². The maximum atomic E-state index is 5.68. The van der Waals surface area contributed by atoms with Gasteiger partial charge in [0.2, 0.25) is 0 Å². The van der Waals surface area contributed by atoms with Crippen molar-refractivity contribution in [1.29, 1.82) is 0 Å². The lowest BCUT2D eigenvalue weighted by Gasteiger charge is -1.97. The lowest BCUT2D eigenvalue weighted by Crippen LogP contribution is -1.86. The van der Waals surface area contributed by atoms with Crippen LogP contribution in [0.3, 0.4) is 0 Å². The Labute approximate surface area is 98.7 Å². The molecular formula is C12H12ClNS. The fourth-order valence-electron chi connectivity index (χ4n) is 1.43. The maximum Gasteiger partial charge on any atom is 0.123 e. The van der Waals surface area contributed by atoms with Gasteiger partial charge < -0.3 is 0 Å². The van der Waals surface area contributed by atoms with Crippen LogP contribution in [0.1, 0.15) is 11.3 Å². The molecule has 0 aliphatic heterocycles. The van der Waals surface area contributed by atoms with E-state index in [1.165, 1.54) is 11.1 Å². The van der Waals surface area contributed by atoms with Gasteiger partial charge in [-0.3, -0.25) is 0 Å². The minimum Gasteiger partial charge on any atom is -0.241 e. The monoisotopic (exact) mass is 237 g/mol. The largest absolute Gasteiger partial charge is 0.241 e. The Balaban J connectivity index is 2.29. The Bertz CT molecular complexity index is 450. The average Bonchev–Trinajstić information content (AvgIpc) is 2.67. The molecule has 1 nitrogen and oxygen atoms in total. The molecule has 0 fully saturated rings. The average molecular weight is 238 g/mol. The van der Waals surface area contributed by atoms with E-state index in [-0.39, 0.29) is 0 Å². The maximum absolute atomic E-state index is 5.68. The molecule has 0 unspecified atom stereocenters. The molecule has 3 heteroatoms. The van der Waals surface area contributed by atoms with Crippen LogP contribution in [0.25, 0.3) is 10.6 Å². The van der Waals surface area contributed by atoms with Gasteiger partial charge in [0.25, 0.3) is 0 Å². The fourth-order valence-corrected chi connectivity index (χ4v) is 2.47. The minimum absolute atomic E-state index is 0.636. The normalized spacial score (nSPS) is 10.5. The van der Waals surface area contributed by atoms with Gasteiger partial charge in [0, 0.05) is 23.2 Å². The molecule has 1 aromatic heterocycles. The molecule has 78 valence electrons. The van der Waals surface area contributed by atoms with Crippen molar-refractivity contribution in [3.63, 3.8) is 0 Å². The summed E-state index contributed by atoms with van der Waals surface area (Å²) in [4.78, 5) is 4.55. The van der Waals surface area contributed by atoms with Crippen LogP contribution < -0.4 is 0 Å². The number of rotatable bonds is 3. The van der Waals surface area contributed by atoms with Crippen molar-refractivity contribution in [2.75, 3.05) is 5.88 Å². The summed E-state index contributed by atoms with van der Waals surface area (Å²) in [5.74, 6) is 0.636. The quantitative estimate of drug-likeness (QED) is 0.738. The molecule has 0 saturated heterocycles. The smallest absolute Gasteiger partial charge is 0.123 e. The van der Waals surface area contributed by atoms with E-state index < -0.39 is 0 Å². The number of alkyl halides is 1. The summed E-state index contributed by atoms with van der Waals surface area (Å²) in [6.07, 6.45) is 0.851. The summed E-state index contributed by atoms with van der Waals surface area (Å²) in [5, 5.41) is 3.17. The Hall–Kier alpha value is -0.860. The standard InChI is InChI=1S/C12H12ClNS/c1-9-3-2-4-10(7-9)12-14-11(5-6-13)8-15-12/h2-4,7-8H,5-6H2,1H3. The Morgan fingerprint density at radius 2 is 2.27 bits per heavy atom. The summed E-state index contributed by atoms with van der Waals surface area (Å²) in [6, 6.07) is 8.41. The molecule has 0 radical (unpaired) electrons. The highest BCUT2D eigenvalue weighted by Gasteiger charge is 2.03. The molecule has 0 bridgehead atoms. The van der Waals surface area contributed by atoms with Gasteiger partial charge in [-0.15, -0.1) is 22.9 Å². The number of halogens is 1. The zero-order valence-electron chi connectivity index (χ0n) is 8.53. The summed E-state index contributed by atoms with van der Waals surface area (Å²) >= 11 is 7.36. The molecular weight excluding hydrogens is 226 g/mol. The molecule has 15 heavy (non-hydrogen) atoms. The Morgan fingerprint density at radius 3 is 3.00 bits per heavy atom. The van der Waals surface area contributed by atoms with Crippen LogP contribution in [0, 0.1) is 6.92 Å². The Kier molecular flexibility index (Phi) is 3.39. The summed E-state index contributed by atoms with van der Waals surface area (Å²) in [7, 11) is 0. The van der Waals surface area contributed by atoms with Crippen molar-refractivity contribution in [2.24, 2.45) is 0 Å². The van der Waals surface area contributed by atoms with Gasteiger partial charge in [-0.25, -0.2) is 4.98 Å². The van der Waals surface area contributed by atoms with Crippen molar-refractivity contribution in [1.82, 2.24) is 4.98 Å². The van der Waals surface area contributed by atoms with Crippen molar-refractivity contribution >= 4 is 22.9 Å². The van der Waals surface area contributed by atoms with E-state index in [2.05, 4.69) is 41.6 Å². The van der Waals surface area contributed by atoms with E-state index in [4.69, 9.17) is 11.6 Å². The number of nitrogens with zero attached hydrogens (tertiary/aromatic N) is 1. The predicted molar refractivity (Wildman–Crippen MR) is 66.7 cm³/mol. The van der Waals surface area contributed by atoms with Gasteiger partial charge in [-0.05, 0) is 13.0 Å². The molecule has 0 saturated carbocycles. The molecule has 1 heterocycles. The molecule has 0 N–H and O–H groups in total. The molecule has 2 aromatic rings. The first kappa shape index (κ1) is 10.7. The van der Waals surface area contributed by atoms with E-state index in [9.17, 15) is 0 Å². The zero-order valence-corrected chi connectivity index (χ0v) is 10.1. The number of aromatic nitrogens is 1. The highest BCUT2D eigenvalue weighted by molar-refractivity contribution is 7.13. The zero-order chi connectivity index (χ0) is 10.7. The number of hydrogen-bond donors (Lipinski definition) is 0. The van der Waals surface area contributed by atoms with Crippen molar-refractivity contribution in [3.8, 4) is 10.6 Å². The van der Waals surface area contributed by atoms with Gasteiger partial charge >= 0.3 is 0 Å². The molecule has 0 atom stereocenters. The van der Waals surface area contributed by atoms with Crippen molar-refractivity contribution < 1.29 is 0 Å². The molecule has 0 amide bonds. The van der Waals surface area contributed by atoms with Gasteiger partial charge in [0.1, 0.15) is 5.01 Å². The molecule has 0 aliphatic carbocycles. The SMILES string of the molecule is Cc1cccc(-c2nc(CCCl)cs2)c1. The molecule has 1 aromatic carbocycles. The van der Waals surface area contributed by atoms with Gasteiger partial charge in [-0.2, -0.15) is 0 Å². The van der Waals surface area contributed by atoms with Crippen LogP contribution >= 0.6 is 22.9 Å². The third kappa shape index (κ3) is 2.58. The van der Waals surface area contributed by atoms with Gasteiger partial charge in [0.15, 0.2) is 0 Å². The second kappa shape index (κ2) is 4.77. The molecule has 2 rings (SSSR count). The lowest BCUT2D eigenvalue weighted by atomic mass is 10.1. The highest BCUT2D eigenvalue weighted by atomic mass is 35.5. The number of aryl methyl sites for hydroxylation is 2. The summed E-state index contributed by atoms with van der Waals surface area (Å²) < 4.78 is 0. The van der Waals surface area contributed by atoms with Gasteiger partial charge in [0.05, 0.1) is 5.69 Å². The van der Waals surface area contributed by atoms with Crippen LogP contribution in [-0.2, 0) is 6.42 Å². The molecule has 0 spiro atoms. The first-order valence-electron chi connectivity index (χ1n) is 4.87. The topological polar surface area (TPSA) is 12.9 Å². The van der Waals surface area contributed by atoms with Crippen LogP contribution in [0.15, 0.2) is 29.6 Å². The first-order chi connectivity index (χ1) is 7.29. The first-order valence-corrected chi connectivity index (χ1v) is 6.28. The predicted octanol–water partition coefficient (Wildman–Crippen LogP) is 3.90. The molecule has 0 aliphatic rings. The van der Waals surface area contributed by atoms with Crippen LogP contribution in [0.5, 0.6) is 0 Å². The van der Waals surface area contributed by atoms with Crippen molar-refractivity contribution in [3.05, 3.63) is 40.9 Å². The second-order valence-corrected chi connectivity index (χ2v) is 4.69. The van der Waals surface area contributed by atoms with Crippen LogP contribution in [-0.4, -0.2) is 10.9 Å². The summed E-state index contributed by atoms with van der Waals surface area (Å²) in [5.41, 5.74) is 3.55. The fraction of sp³-hybridized carbons (Fsp3) is 0.250. The van der Waals surface area contributed by atoms with E-state index in [0.29, 0.717) is 5.88 Å². The number of hydrogen-bond acceptors (Lipinski definition) is 2. The second-order valence-electron chi connectivity index (χ2n) is 3.45. The lowest BCUT2D eigenvalue weighted by molar-refractivity contribution is 1.07.